The van der Waals surface area contributed by atoms with Gasteiger partial charge < -0.3 is 9.47 Å². The van der Waals surface area contributed by atoms with E-state index in [1.54, 1.807) is 6.07 Å². The number of ether oxygens (including phenoxy) is 2. The summed E-state index contributed by atoms with van der Waals surface area (Å²) in [7, 11) is 1.49. The minimum Gasteiger partial charge on any atom is -0.508 e. The summed E-state index contributed by atoms with van der Waals surface area (Å²) in [5, 5.41) is 1.37. The molecule has 0 aromatic heterocycles. The van der Waals surface area contributed by atoms with E-state index in [0.717, 1.165) is 12.8 Å². The zero-order chi connectivity index (χ0) is 18.9. The van der Waals surface area contributed by atoms with Crippen LogP contribution in [0.25, 0.3) is 15.6 Å². The number of amides is 2. The Morgan fingerprint density at radius 1 is 1.26 bits per heavy atom. The first kappa shape index (κ1) is 16.3. The van der Waals surface area contributed by atoms with Gasteiger partial charge in [-0.05, 0) is 36.6 Å². The summed E-state index contributed by atoms with van der Waals surface area (Å²) in [6.45, 7) is 9.44. The minimum atomic E-state index is -0.562. The predicted octanol–water partition coefficient (Wildman–Crippen LogP) is 3.46. The number of carbonyl (C=O) groups excluding carboxylic acids is 2. The summed E-state index contributed by atoms with van der Waals surface area (Å²) in [6.07, 6.45) is 1.43. The highest BCUT2D eigenvalue weighted by Gasteiger charge is 2.67. The molecule has 6 nitrogen and oxygen atoms in total. The van der Waals surface area contributed by atoms with E-state index >= 15 is 0 Å². The second-order valence-corrected chi connectivity index (χ2v) is 7.63. The Hall–Kier alpha value is -2.91. The second-order valence-electron chi connectivity index (χ2n) is 7.63. The molecule has 3 heterocycles. The lowest BCUT2D eigenvalue weighted by Crippen LogP contribution is -2.39. The Bertz CT molecular complexity index is 1060. The van der Waals surface area contributed by atoms with Crippen LogP contribution in [0.2, 0.25) is 0 Å². The van der Waals surface area contributed by atoms with Crippen molar-refractivity contribution in [2.75, 3.05) is 12.0 Å². The van der Waals surface area contributed by atoms with E-state index in [-0.39, 0.29) is 17.9 Å². The molecule has 27 heavy (non-hydrogen) atoms. The zero-order valence-electron chi connectivity index (χ0n) is 15.1. The van der Waals surface area contributed by atoms with E-state index in [0.29, 0.717) is 27.9 Å². The van der Waals surface area contributed by atoms with Crippen molar-refractivity contribution in [3.8, 4) is 5.75 Å². The first-order valence-electron chi connectivity index (χ1n) is 9.03. The highest BCUT2D eigenvalue weighted by Crippen LogP contribution is 2.56. The molecule has 4 atom stereocenters. The molecule has 3 saturated heterocycles. The number of fused-ring (bicyclic) bond motifs is 6. The number of nitrogens with zero attached hydrogens (tertiary/aromatic N) is 2. The number of hydrogen-bond donors (Lipinski definition) is 0. The van der Waals surface area contributed by atoms with Crippen LogP contribution in [0.15, 0.2) is 30.3 Å². The average molecular weight is 362 g/mol. The molecule has 2 amide bonds. The van der Waals surface area contributed by atoms with E-state index < -0.39 is 17.4 Å². The topological polar surface area (TPSA) is 60.2 Å². The maximum absolute atomic E-state index is 13.3. The fourth-order valence-corrected chi connectivity index (χ4v) is 5.09. The van der Waals surface area contributed by atoms with Crippen LogP contribution in [0.4, 0.5) is 11.4 Å². The van der Waals surface area contributed by atoms with E-state index in [1.807, 2.05) is 31.2 Å². The molecule has 3 fully saturated rings. The molecule has 0 saturated carbocycles. The van der Waals surface area contributed by atoms with E-state index in [9.17, 15) is 9.59 Å². The van der Waals surface area contributed by atoms with Crippen molar-refractivity contribution in [2.24, 2.45) is 11.8 Å². The number of methoxy groups -OCH3 is 1. The molecule has 0 aliphatic carbocycles. The van der Waals surface area contributed by atoms with Gasteiger partial charge in [0.05, 0.1) is 42.9 Å². The van der Waals surface area contributed by atoms with Crippen LogP contribution in [0.1, 0.15) is 19.8 Å². The Labute approximate surface area is 156 Å². The van der Waals surface area contributed by atoms with E-state index in [2.05, 4.69) is 4.85 Å². The molecule has 0 N–H and O–H groups in total. The van der Waals surface area contributed by atoms with Gasteiger partial charge in [-0.1, -0.05) is 24.3 Å². The summed E-state index contributed by atoms with van der Waals surface area (Å²) in [4.78, 5) is 31.5. The predicted molar refractivity (Wildman–Crippen MR) is 98.7 cm³/mol. The molecule has 2 aromatic carbocycles. The van der Waals surface area contributed by atoms with Gasteiger partial charge in [-0.3, -0.25) is 9.59 Å². The largest absolute Gasteiger partial charge is 0.508 e. The number of benzene rings is 2. The molecule has 136 valence electrons. The van der Waals surface area contributed by atoms with Crippen LogP contribution in [0.3, 0.4) is 0 Å². The molecule has 2 aromatic rings. The van der Waals surface area contributed by atoms with Crippen molar-refractivity contribution in [2.45, 2.75) is 31.5 Å². The third-order valence-electron chi connectivity index (χ3n) is 6.29. The molecular weight excluding hydrogens is 344 g/mol. The van der Waals surface area contributed by atoms with Gasteiger partial charge in [0.1, 0.15) is 5.75 Å². The molecule has 3 aliphatic heterocycles. The molecule has 5 rings (SSSR count). The first-order valence-corrected chi connectivity index (χ1v) is 9.03. The third kappa shape index (κ3) is 1.92. The monoisotopic (exact) mass is 362 g/mol. The highest BCUT2D eigenvalue weighted by molar-refractivity contribution is 6.26. The first-order chi connectivity index (χ1) is 13.0. The van der Waals surface area contributed by atoms with Crippen molar-refractivity contribution in [3.63, 3.8) is 0 Å². The summed E-state index contributed by atoms with van der Waals surface area (Å²) < 4.78 is 11.4. The number of rotatable bonds is 2. The van der Waals surface area contributed by atoms with Gasteiger partial charge in [0, 0.05) is 0 Å². The van der Waals surface area contributed by atoms with Crippen LogP contribution in [-0.2, 0) is 14.3 Å². The SMILES string of the molecule is [C-]#[N+]c1c(OC)cc(N2C(=O)[C@@H]3C4CCC(C)(O4)[C@@H]3C2=O)c2ccccc12. The van der Waals surface area contributed by atoms with Gasteiger partial charge in [-0.25, -0.2) is 9.74 Å². The lowest BCUT2D eigenvalue weighted by Gasteiger charge is -2.26. The molecule has 6 heteroatoms. The minimum absolute atomic E-state index is 0.183. The van der Waals surface area contributed by atoms with Crippen LogP contribution in [0, 0.1) is 18.4 Å². The molecular formula is C21H18N2O4. The fraction of sp³-hybridized carbons (Fsp3) is 0.381. The molecule has 3 aliphatic rings. The van der Waals surface area contributed by atoms with Crippen LogP contribution < -0.4 is 9.64 Å². The van der Waals surface area contributed by atoms with E-state index in [1.165, 1.54) is 12.0 Å². The average Bonchev–Trinajstić information content (AvgIpc) is 3.29. The number of carbonyl (C=O) groups is 2. The Morgan fingerprint density at radius 3 is 2.67 bits per heavy atom. The van der Waals surface area contributed by atoms with Crippen molar-refractivity contribution in [1.29, 1.82) is 0 Å². The van der Waals surface area contributed by atoms with Gasteiger partial charge in [0.25, 0.3) is 0 Å². The zero-order valence-corrected chi connectivity index (χ0v) is 15.1. The Kier molecular flexibility index (Phi) is 3.20. The molecule has 0 spiro atoms. The molecule has 2 bridgehead atoms. The maximum Gasteiger partial charge on any atom is 0.240 e. The number of anilines is 1. The number of hydrogen-bond acceptors (Lipinski definition) is 4. The van der Waals surface area contributed by atoms with Gasteiger partial charge in [-0.2, -0.15) is 0 Å². The van der Waals surface area contributed by atoms with Crippen molar-refractivity contribution >= 4 is 34.0 Å². The molecule has 2 unspecified atom stereocenters. The van der Waals surface area contributed by atoms with Crippen LogP contribution >= 0.6 is 0 Å². The second kappa shape index (κ2) is 5.30. The smallest absolute Gasteiger partial charge is 0.240 e. The van der Waals surface area contributed by atoms with Crippen molar-refractivity contribution in [1.82, 2.24) is 0 Å². The Balaban J connectivity index is 1.72. The number of imide groups is 1. The fourth-order valence-electron chi connectivity index (χ4n) is 5.09. The quantitative estimate of drug-likeness (QED) is 0.606. The van der Waals surface area contributed by atoms with E-state index in [4.69, 9.17) is 16.0 Å². The highest BCUT2D eigenvalue weighted by atomic mass is 16.5. The van der Waals surface area contributed by atoms with Gasteiger partial charge >= 0.3 is 0 Å². The van der Waals surface area contributed by atoms with Gasteiger partial charge in [-0.15, -0.1) is 0 Å². The van der Waals surface area contributed by atoms with Gasteiger partial charge in [0.15, 0.2) is 0 Å². The standard InChI is InChI=1S/C21H18N2O4/c1-21-9-8-14(27-21)16-17(21)20(25)23(19(16)24)13-10-15(26-3)18(22-2)12-7-5-4-6-11(12)13/h4-7,10,14,16-17H,8-9H2,1,3H3/t14?,16-,17+,21?/m1/s1. The third-order valence-corrected chi connectivity index (χ3v) is 6.29. The summed E-state index contributed by atoms with van der Waals surface area (Å²) in [5.74, 6) is -0.906. The van der Waals surface area contributed by atoms with Crippen LogP contribution in [-0.4, -0.2) is 30.6 Å². The summed E-state index contributed by atoms with van der Waals surface area (Å²) >= 11 is 0. The van der Waals surface area contributed by atoms with Crippen LogP contribution in [0.5, 0.6) is 5.75 Å². The normalized spacial score (nSPS) is 31.4. The maximum atomic E-state index is 13.3. The summed E-state index contributed by atoms with van der Waals surface area (Å²) in [6, 6.07) is 8.95. The lowest BCUT2D eigenvalue weighted by molar-refractivity contribution is -0.126. The van der Waals surface area contributed by atoms with Gasteiger partial charge in [0.2, 0.25) is 17.5 Å². The van der Waals surface area contributed by atoms with Crippen molar-refractivity contribution in [3.05, 3.63) is 41.7 Å². The van der Waals surface area contributed by atoms with Crippen molar-refractivity contribution < 1.29 is 19.1 Å². The lowest BCUT2D eigenvalue weighted by atomic mass is 9.74. The molecule has 0 radical (unpaired) electrons. The Morgan fingerprint density at radius 2 is 2.00 bits per heavy atom. The summed E-state index contributed by atoms with van der Waals surface area (Å²) in [5.41, 5.74) is 0.307.